The molecule has 144 valence electrons. The highest BCUT2D eigenvalue weighted by molar-refractivity contribution is 5.40. The normalized spacial score (nSPS) is 19.4. The predicted molar refractivity (Wildman–Crippen MR) is 106 cm³/mol. The van der Waals surface area contributed by atoms with Gasteiger partial charge in [-0.05, 0) is 44.0 Å². The van der Waals surface area contributed by atoms with Gasteiger partial charge in [-0.3, -0.25) is 9.88 Å². The lowest BCUT2D eigenvalue weighted by atomic mass is 9.95. The van der Waals surface area contributed by atoms with Crippen molar-refractivity contribution in [2.75, 3.05) is 44.3 Å². The van der Waals surface area contributed by atoms with Gasteiger partial charge in [-0.15, -0.1) is 0 Å². The van der Waals surface area contributed by atoms with Crippen molar-refractivity contribution in [2.45, 2.75) is 38.6 Å². The lowest BCUT2D eigenvalue weighted by molar-refractivity contribution is 0.122. The van der Waals surface area contributed by atoms with E-state index in [4.69, 9.17) is 14.7 Å². The second-order valence-electron chi connectivity index (χ2n) is 7.44. The maximum absolute atomic E-state index is 5.49. The first-order valence-corrected chi connectivity index (χ1v) is 10.1. The van der Waals surface area contributed by atoms with Gasteiger partial charge < -0.3 is 9.64 Å². The zero-order valence-corrected chi connectivity index (χ0v) is 16.2. The summed E-state index contributed by atoms with van der Waals surface area (Å²) < 4.78 is 5.49. The van der Waals surface area contributed by atoms with E-state index in [0.717, 1.165) is 82.5 Å². The van der Waals surface area contributed by atoms with Crippen LogP contribution in [0.3, 0.4) is 0 Å². The number of aromatic nitrogens is 3. The summed E-state index contributed by atoms with van der Waals surface area (Å²) in [4.78, 5) is 18.9. The number of aryl methyl sites for hydroxylation is 1. The van der Waals surface area contributed by atoms with Gasteiger partial charge in [0.2, 0.25) is 0 Å². The Hall–Kier alpha value is -2.05. The van der Waals surface area contributed by atoms with E-state index in [1.165, 1.54) is 5.56 Å². The second-order valence-corrected chi connectivity index (χ2v) is 7.44. The van der Waals surface area contributed by atoms with Crippen molar-refractivity contribution in [3.05, 3.63) is 47.7 Å². The minimum absolute atomic E-state index is 0.460. The van der Waals surface area contributed by atoms with Crippen molar-refractivity contribution in [2.24, 2.45) is 0 Å². The molecule has 2 aliphatic heterocycles. The van der Waals surface area contributed by atoms with E-state index in [0.29, 0.717) is 5.92 Å². The maximum Gasteiger partial charge on any atom is 0.134 e. The molecule has 2 fully saturated rings. The molecule has 6 heteroatoms. The van der Waals surface area contributed by atoms with Crippen LogP contribution >= 0.6 is 0 Å². The van der Waals surface area contributed by atoms with Crippen LogP contribution in [0.2, 0.25) is 0 Å². The van der Waals surface area contributed by atoms with Crippen molar-refractivity contribution >= 4 is 5.82 Å². The van der Waals surface area contributed by atoms with Gasteiger partial charge >= 0.3 is 0 Å². The number of ether oxygens (including phenoxy) is 1. The van der Waals surface area contributed by atoms with Gasteiger partial charge in [-0.25, -0.2) is 9.97 Å². The molecule has 0 N–H and O–H groups in total. The third kappa shape index (κ3) is 4.62. The van der Waals surface area contributed by atoms with E-state index >= 15 is 0 Å². The first-order chi connectivity index (χ1) is 13.3. The summed E-state index contributed by atoms with van der Waals surface area (Å²) in [5, 5.41) is 0. The van der Waals surface area contributed by atoms with Crippen molar-refractivity contribution in [3.8, 4) is 0 Å². The van der Waals surface area contributed by atoms with Gasteiger partial charge in [0, 0.05) is 49.7 Å². The third-order valence-electron chi connectivity index (χ3n) is 5.56. The molecule has 0 amide bonds. The van der Waals surface area contributed by atoms with Crippen molar-refractivity contribution in [1.29, 1.82) is 0 Å². The first kappa shape index (κ1) is 18.3. The van der Waals surface area contributed by atoms with E-state index in [2.05, 4.69) is 33.8 Å². The average molecular weight is 367 g/mol. The van der Waals surface area contributed by atoms with E-state index < -0.39 is 0 Å². The van der Waals surface area contributed by atoms with Crippen molar-refractivity contribution < 1.29 is 4.74 Å². The number of morpholine rings is 1. The number of hydrogen-bond donors (Lipinski definition) is 0. The molecule has 2 aromatic rings. The van der Waals surface area contributed by atoms with Crippen LogP contribution in [0.1, 0.15) is 42.8 Å². The molecular weight excluding hydrogens is 338 g/mol. The predicted octanol–water partition coefficient (Wildman–Crippen LogP) is 2.65. The first-order valence-electron chi connectivity index (χ1n) is 10.1. The Labute approximate surface area is 161 Å². The minimum atomic E-state index is 0.460. The van der Waals surface area contributed by atoms with Crippen LogP contribution in [0.5, 0.6) is 0 Å². The summed E-state index contributed by atoms with van der Waals surface area (Å²) >= 11 is 0. The summed E-state index contributed by atoms with van der Waals surface area (Å²) in [5.74, 6) is 2.58. The number of rotatable bonds is 5. The number of hydrogen-bond acceptors (Lipinski definition) is 6. The molecule has 6 nitrogen and oxygen atoms in total. The van der Waals surface area contributed by atoms with Crippen molar-refractivity contribution in [3.63, 3.8) is 0 Å². The number of anilines is 1. The van der Waals surface area contributed by atoms with Gasteiger partial charge in [-0.1, -0.05) is 13.0 Å². The fourth-order valence-electron chi connectivity index (χ4n) is 3.92. The molecule has 0 aliphatic carbocycles. The van der Waals surface area contributed by atoms with Gasteiger partial charge in [0.1, 0.15) is 11.6 Å². The molecule has 0 saturated carbocycles. The summed E-state index contributed by atoms with van der Waals surface area (Å²) in [6.45, 7) is 8.74. The summed E-state index contributed by atoms with van der Waals surface area (Å²) in [6.07, 6.45) is 6.99. The Balaban J connectivity index is 1.42. The largest absolute Gasteiger partial charge is 0.378 e. The Morgan fingerprint density at radius 3 is 2.63 bits per heavy atom. The highest BCUT2D eigenvalue weighted by atomic mass is 16.5. The second kappa shape index (κ2) is 8.76. The van der Waals surface area contributed by atoms with Gasteiger partial charge in [0.15, 0.2) is 0 Å². The van der Waals surface area contributed by atoms with Crippen molar-refractivity contribution in [1.82, 2.24) is 19.9 Å². The summed E-state index contributed by atoms with van der Waals surface area (Å²) in [5.41, 5.74) is 2.44. The Kier molecular flexibility index (Phi) is 5.94. The van der Waals surface area contributed by atoms with Crippen LogP contribution < -0.4 is 4.90 Å². The zero-order chi connectivity index (χ0) is 18.5. The van der Waals surface area contributed by atoms with Crippen LogP contribution in [0.15, 0.2) is 30.6 Å². The summed E-state index contributed by atoms with van der Waals surface area (Å²) in [7, 11) is 0. The maximum atomic E-state index is 5.49. The molecule has 0 unspecified atom stereocenters. The van der Waals surface area contributed by atoms with Crippen LogP contribution in [-0.2, 0) is 17.7 Å². The molecular formula is C21H29N5O. The van der Waals surface area contributed by atoms with E-state index in [1.54, 1.807) is 0 Å². The van der Waals surface area contributed by atoms with Gasteiger partial charge in [-0.2, -0.15) is 0 Å². The Morgan fingerprint density at radius 2 is 1.93 bits per heavy atom. The van der Waals surface area contributed by atoms with Crippen LogP contribution in [-0.4, -0.2) is 59.2 Å². The highest BCUT2D eigenvalue weighted by Gasteiger charge is 2.24. The fraction of sp³-hybridized carbons (Fsp3) is 0.571. The zero-order valence-electron chi connectivity index (χ0n) is 16.2. The number of piperidine rings is 1. The third-order valence-corrected chi connectivity index (χ3v) is 5.56. The number of pyridine rings is 1. The molecule has 0 atom stereocenters. The Bertz CT molecular complexity index is 725. The van der Waals surface area contributed by atoms with Crippen LogP contribution in [0, 0.1) is 0 Å². The SMILES string of the molecule is CCc1cc(N2CCOCC2)nc(C2CCN(Cc3cccnc3)CC2)n1. The summed E-state index contributed by atoms with van der Waals surface area (Å²) in [6, 6.07) is 6.33. The van der Waals surface area contributed by atoms with Gasteiger partial charge in [0.25, 0.3) is 0 Å². The van der Waals surface area contributed by atoms with Crippen LogP contribution in [0.4, 0.5) is 5.82 Å². The number of nitrogens with zero attached hydrogens (tertiary/aromatic N) is 5. The van der Waals surface area contributed by atoms with E-state index in [1.807, 2.05) is 18.5 Å². The molecule has 0 spiro atoms. The molecule has 2 saturated heterocycles. The molecule has 2 aliphatic rings. The van der Waals surface area contributed by atoms with Crippen LogP contribution in [0.25, 0.3) is 0 Å². The van der Waals surface area contributed by atoms with E-state index in [9.17, 15) is 0 Å². The lowest BCUT2D eigenvalue weighted by Crippen LogP contribution is -2.37. The monoisotopic (exact) mass is 367 g/mol. The number of likely N-dealkylation sites (tertiary alicyclic amines) is 1. The average Bonchev–Trinajstić information content (AvgIpc) is 2.75. The molecule has 27 heavy (non-hydrogen) atoms. The van der Waals surface area contributed by atoms with Gasteiger partial charge in [0.05, 0.1) is 13.2 Å². The fourth-order valence-corrected chi connectivity index (χ4v) is 3.92. The quantitative estimate of drug-likeness (QED) is 0.810. The molecule has 0 radical (unpaired) electrons. The Morgan fingerprint density at radius 1 is 1.11 bits per heavy atom. The lowest BCUT2D eigenvalue weighted by Gasteiger charge is -2.32. The molecule has 4 heterocycles. The smallest absolute Gasteiger partial charge is 0.134 e. The van der Waals surface area contributed by atoms with E-state index in [-0.39, 0.29) is 0 Å². The topological polar surface area (TPSA) is 54.4 Å². The molecule has 2 aromatic heterocycles. The highest BCUT2D eigenvalue weighted by Crippen LogP contribution is 2.28. The molecule has 4 rings (SSSR count). The molecule has 0 bridgehead atoms. The molecule has 0 aromatic carbocycles. The minimum Gasteiger partial charge on any atom is -0.378 e. The standard InChI is InChI=1S/C21H29N5O/c1-2-19-14-20(26-10-12-27-13-11-26)24-21(23-19)18-5-8-25(9-6-18)16-17-4-3-7-22-15-17/h3-4,7,14-15,18H,2,5-6,8-13,16H2,1H3.